The standard InChI is InChI=1S/C10H22N/c1-9(2)10-5-7-11(3,4)8-6-10/h9-10H,5-8H2,1-4H3/q+1. The summed E-state index contributed by atoms with van der Waals surface area (Å²) in [6.45, 7) is 7.47. The summed E-state index contributed by atoms with van der Waals surface area (Å²) in [6, 6.07) is 0. The molecule has 0 spiro atoms. The van der Waals surface area contributed by atoms with Crippen molar-refractivity contribution >= 4 is 0 Å². The second-order valence-electron chi connectivity index (χ2n) is 4.96. The first-order valence-corrected chi connectivity index (χ1v) is 4.83. The number of likely N-dealkylation sites (tertiary alicyclic amines) is 1. The van der Waals surface area contributed by atoms with Gasteiger partial charge in [-0.15, -0.1) is 0 Å². The molecule has 0 saturated carbocycles. The average Bonchev–Trinajstić information content (AvgIpc) is 1.86. The molecule has 0 N–H and O–H groups in total. The highest BCUT2D eigenvalue weighted by Crippen LogP contribution is 2.26. The van der Waals surface area contributed by atoms with Gasteiger partial charge in [0.1, 0.15) is 0 Å². The Hall–Kier alpha value is -0.0400. The molecule has 1 heteroatoms. The first-order valence-electron chi connectivity index (χ1n) is 4.83. The third-order valence-corrected chi connectivity index (χ3v) is 3.15. The van der Waals surface area contributed by atoms with Crippen molar-refractivity contribution in [3.63, 3.8) is 0 Å². The van der Waals surface area contributed by atoms with Crippen LogP contribution < -0.4 is 0 Å². The number of hydrogen-bond acceptors (Lipinski definition) is 0. The molecule has 0 atom stereocenters. The first kappa shape index (κ1) is 9.05. The number of hydrogen-bond donors (Lipinski definition) is 0. The van der Waals surface area contributed by atoms with Crippen LogP contribution in [0.5, 0.6) is 0 Å². The Labute approximate surface area is 71.0 Å². The molecule has 1 nitrogen and oxygen atoms in total. The minimum Gasteiger partial charge on any atom is -0.328 e. The zero-order chi connectivity index (χ0) is 8.48. The topological polar surface area (TPSA) is 0 Å². The quantitative estimate of drug-likeness (QED) is 0.510. The highest BCUT2D eigenvalue weighted by molar-refractivity contribution is 4.66. The maximum atomic E-state index is 2.36. The summed E-state index contributed by atoms with van der Waals surface area (Å²) in [7, 11) is 4.69. The molecule has 0 aliphatic carbocycles. The van der Waals surface area contributed by atoms with Gasteiger partial charge in [0.15, 0.2) is 0 Å². The molecule has 1 rings (SSSR count). The molecule has 1 fully saturated rings. The molecule has 1 heterocycles. The summed E-state index contributed by atoms with van der Waals surface area (Å²) in [5, 5.41) is 0. The van der Waals surface area contributed by atoms with Gasteiger partial charge >= 0.3 is 0 Å². The number of nitrogens with zero attached hydrogens (tertiary/aromatic N) is 1. The average molecular weight is 156 g/mol. The second-order valence-corrected chi connectivity index (χ2v) is 4.96. The first-order chi connectivity index (χ1) is 5.01. The van der Waals surface area contributed by atoms with Gasteiger partial charge in [-0.25, -0.2) is 0 Å². The maximum absolute atomic E-state index is 2.36. The van der Waals surface area contributed by atoms with Crippen molar-refractivity contribution in [1.82, 2.24) is 0 Å². The van der Waals surface area contributed by atoms with Crippen LogP contribution in [0.3, 0.4) is 0 Å². The molecule has 0 aromatic carbocycles. The van der Waals surface area contributed by atoms with Gasteiger partial charge in [0.25, 0.3) is 0 Å². The molecule has 1 saturated heterocycles. The lowest BCUT2D eigenvalue weighted by Crippen LogP contribution is -2.46. The Kier molecular flexibility index (Phi) is 2.58. The lowest BCUT2D eigenvalue weighted by molar-refractivity contribution is -0.896. The van der Waals surface area contributed by atoms with Gasteiger partial charge in [0.05, 0.1) is 27.2 Å². The van der Waals surface area contributed by atoms with Crippen LogP contribution in [0.15, 0.2) is 0 Å². The van der Waals surface area contributed by atoms with Crippen molar-refractivity contribution in [1.29, 1.82) is 0 Å². The molecule has 1 aliphatic rings. The lowest BCUT2D eigenvalue weighted by Gasteiger charge is -2.38. The van der Waals surface area contributed by atoms with Gasteiger partial charge < -0.3 is 4.48 Å². The van der Waals surface area contributed by atoms with Crippen molar-refractivity contribution in [2.75, 3.05) is 27.2 Å². The summed E-state index contributed by atoms with van der Waals surface area (Å²) >= 11 is 0. The monoisotopic (exact) mass is 156 g/mol. The van der Waals surface area contributed by atoms with Crippen LogP contribution in [0.4, 0.5) is 0 Å². The van der Waals surface area contributed by atoms with E-state index in [0.717, 1.165) is 11.8 Å². The molecule has 0 radical (unpaired) electrons. The Bertz CT molecular complexity index is 117. The highest BCUT2D eigenvalue weighted by atomic mass is 15.3. The smallest absolute Gasteiger partial charge is 0.0785 e. The van der Waals surface area contributed by atoms with Crippen molar-refractivity contribution in [3.8, 4) is 0 Å². The Morgan fingerprint density at radius 3 is 1.91 bits per heavy atom. The fourth-order valence-electron chi connectivity index (χ4n) is 1.95. The largest absolute Gasteiger partial charge is 0.328 e. The normalized spacial score (nSPS) is 25.9. The summed E-state index contributed by atoms with van der Waals surface area (Å²) in [6.07, 6.45) is 2.87. The minimum atomic E-state index is 0.898. The van der Waals surface area contributed by atoms with E-state index in [-0.39, 0.29) is 0 Å². The summed E-state index contributed by atoms with van der Waals surface area (Å²) in [4.78, 5) is 0. The summed E-state index contributed by atoms with van der Waals surface area (Å²) in [5.41, 5.74) is 0. The van der Waals surface area contributed by atoms with Crippen LogP contribution in [0.25, 0.3) is 0 Å². The van der Waals surface area contributed by atoms with Crippen molar-refractivity contribution < 1.29 is 4.48 Å². The van der Waals surface area contributed by atoms with Gasteiger partial charge in [-0.1, -0.05) is 13.8 Å². The molecule has 66 valence electrons. The van der Waals surface area contributed by atoms with Crippen molar-refractivity contribution in [3.05, 3.63) is 0 Å². The van der Waals surface area contributed by atoms with Crippen LogP contribution in [0.2, 0.25) is 0 Å². The van der Waals surface area contributed by atoms with E-state index in [1.165, 1.54) is 30.4 Å². The van der Waals surface area contributed by atoms with E-state index in [0.29, 0.717) is 0 Å². The van der Waals surface area contributed by atoms with Crippen LogP contribution in [-0.4, -0.2) is 31.7 Å². The van der Waals surface area contributed by atoms with E-state index in [4.69, 9.17) is 0 Å². The predicted molar refractivity (Wildman–Crippen MR) is 49.4 cm³/mol. The van der Waals surface area contributed by atoms with Crippen molar-refractivity contribution in [2.24, 2.45) is 11.8 Å². The molecule has 0 unspecified atom stereocenters. The molecular weight excluding hydrogens is 134 g/mol. The maximum Gasteiger partial charge on any atom is 0.0785 e. The third-order valence-electron chi connectivity index (χ3n) is 3.15. The lowest BCUT2D eigenvalue weighted by atomic mass is 9.86. The van der Waals surface area contributed by atoms with Crippen LogP contribution in [-0.2, 0) is 0 Å². The molecule has 0 aromatic heterocycles. The van der Waals surface area contributed by atoms with E-state index >= 15 is 0 Å². The highest BCUT2D eigenvalue weighted by Gasteiger charge is 2.27. The molecular formula is C10H22N+. The van der Waals surface area contributed by atoms with E-state index in [1.807, 2.05) is 0 Å². The van der Waals surface area contributed by atoms with Gasteiger partial charge in [-0.2, -0.15) is 0 Å². The zero-order valence-corrected chi connectivity index (χ0v) is 8.43. The second kappa shape index (κ2) is 3.14. The summed E-state index contributed by atoms with van der Waals surface area (Å²) < 4.78 is 1.24. The van der Waals surface area contributed by atoms with E-state index in [2.05, 4.69) is 27.9 Å². The molecule has 0 aromatic rings. The fourth-order valence-corrected chi connectivity index (χ4v) is 1.95. The van der Waals surface area contributed by atoms with Crippen LogP contribution in [0, 0.1) is 11.8 Å². The van der Waals surface area contributed by atoms with Crippen LogP contribution in [0.1, 0.15) is 26.7 Å². The molecule has 11 heavy (non-hydrogen) atoms. The minimum absolute atomic E-state index is 0.898. The van der Waals surface area contributed by atoms with Gasteiger partial charge in [-0.05, 0) is 24.7 Å². The number of piperidine rings is 1. The Morgan fingerprint density at radius 2 is 1.55 bits per heavy atom. The van der Waals surface area contributed by atoms with E-state index in [1.54, 1.807) is 0 Å². The van der Waals surface area contributed by atoms with Crippen molar-refractivity contribution in [2.45, 2.75) is 26.7 Å². The Morgan fingerprint density at radius 1 is 1.09 bits per heavy atom. The van der Waals surface area contributed by atoms with E-state index < -0.39 is 0 Å². The zero-order valence-electron chi connectivity index (χ0n) is 8.43. The SMILES string of the molecule is CC(C)C1CC[N+](C)(C)CC1. The number of quaternary nitrogens is 1. The number of rotatable bonds is 1. The fraction of sp³-hybridized carbons (Fsp3) is 1.00. The summed E-state index contributed by atoms with van der Waals surface area (Å²) in [5.74, 6) is 1.90. The third kappa shape index (κ3) is 2.48. The molecule has 0 amide bonds. The van der Waals surface area contributed by atoms with Crippen LogP contribution >= 0.6 is 0 Å². The van der Waals surface area contributed by atoms with E-state index in [9.17, 15) is 0 Å². The van der Waals surface area contributed by atoms with Gasteiger partial charge in [-0.3, -0.25) is 0 Å². The molecule has 1 aliphatic heterocycles. The van der Waals surface area contributed by atoms with Gasteiger partial charge in [0.2, 0.25) is 0 Å². The predicted octanol–water partition coefficient (Wildman–Crippen LogP) is 2.13. The van der Waals surface area contributed by atoms with Gasteiger partial charge in [0, 0.05) is 0 Å². The molecule has 0 bridgehead atoms. The Balaban J connectivity index is 2.36.